The molecule has 142 valence electrons. The quantitative estimate of drug-likeness (QED) is 0.621. The molecule has 2 aromatic carbocycles. The lowest BCUT2D eigenvalue weighted by molar-refractivity contribution is -0.0326. The highest BCUT2D eigenvalue weighted by Gasteiger charge is 2.40. The molecule has 5 rings (SSSR count). The summed E-state index contributed by atoms with van der Waals surface area (Å²) in [7, 11) is 4.09. The zero-order valence-corrected chi connectivity index (χ0v) is 17.2. The van der Waals surface area contributed by atoms with Gasteiger partial charge in [-0.15, -0.1) is 11.3 Å². The first-order valence-corrected chi connectivity index (χ1v) is 10.4. The highest BCUT2D eigenvalue weighted by atomic mass is 35.5. The SMILES string of the molecule is CN(C)c1ccc(C2Oc3ccc(Cl)cc3C3C=C(c4cccs4)NN32)cc1. The number of fused-ring (bicyclic) bond motifs is 3. The number of rotatable bonds is 3. The lowest BCUT2D eigenvalue weighted by Crippen LogP contribution is -2.43. The van der Waals surface area contributed by atoms with Crippen LogP contribution in [0.5, 0.6) is 5.75 Å². The predicted octanol–water partition coefficient (Wildman–Crippen LogP) is 5.46. The minimum atomic E-state index is -0.233. The number of benzene rings is 2. The Hall–Kier alpha value is -2.47. The van der Waals surface area contributed by atoms with Crippen LogP contribution in [0, 0.1) is 0 Å². The van der Waals surface area contributed by atoms with Crippen LogP contribution < -0.4 is 15.1 Å². The van der Waals surface area contributed by atoms with E-state index in [1.54, 1.807) is 11.3 Å². The Kier molecular flexibility index (Phi) is 4.31. The van der Waals surface area contributed by atoms with E-state index in [2.05, 4.69) is 63.2 Å². The van der Waals surface area contributed by atoms with E-state index in [9.17, 15) is 0 Å². The molecule has 1 N–H and O–H groups in total. The van der Waals surface area contributed by atoms with Crippen molar-refractivity contribution in [3.8, 4) is 5.75 Å². The van der Waals surface area contributed by atoms with Gasteiger partial charge in [-0.3, -0.25) is 0 Å². The fraction of sp³-hybridized carbons (Fsp3) is 0.182. The standard InChI is InChI=1S/C22H20ClN3OS/c1-25(2)16-8-5-14(6-9-16)22-26-19(13-18(24-26)21-4-3-11-28-21)17-12-15(23)7-10-20(17)27-22/h3-13,19,22,24H,1-2H3. The largest absolute Gasteiger partial charge is 0.469 e. The maximum absolute atomic E-state index is 6.41. The van der Waals surface area contributed by atoms with Crippen molar-refractivity contribution >= 4 is 34.3 Å². The number of nitrogens with one attached hydrogen (secondary N) is 1. The molecule has 2 atom stereocenters. The van der Waals surface area contributed by atoms with Gasteiger partial charge >= 0.3 is 0 Å². The first kappa shape index (κ1) is 17.6. The zero-order chi connectivity index (χ0) is 19.3. The van der Waals surface area contributed by atoms with E-state index in [4.69, 9.17) is 16.3 Å². The predicted molar refractivity (Wildman–Crippen MR) is 116 cm³/mol. The maximum atomic E-state index is 6.41. The van der Waals surface area contributed by atoms with Gasteiger partial charge in [-0.1, -0.05) is 29.8 Å². The Balaban J connectivity index is 1.56. The van der Waals surface area contributed by atoms with Crippen LogP contribution in [0.4, 0.5) is 5.69 Å². The normalized spacial score (nSPS) is 20.6. The monoisotopic (exact) mass is 409 g/mol. The maximum Gasteiger partial charge on any atom is 0.195 e. The minimum absolute atomic E-state index is 0.0538. The van der Waals surface area contributed by atoms with Crippen LogP contribution >= 0.6 is 22.9 Å². The number of halogens is 1. The molecule has 0 saturated heterocycles. The van der Waals surface area contributed by atoms with Crippen LogP contribution in [0.1, 0.15) is 28.3 Å². The fourth-order valence-electron chi connectivity index (χ4n) is 3.70. The van der Waals surface area contributed by atoms with Crippen molar-refractivity contribution in [1.29, 1.82) is 0 Å². The van der Waals surface area contributed by atoms with Crippen LogP contribution in [0.2, 0.25) is 5.02 Å². The molecular formula is C22H20ClN3OS. The molecule has 2 aliphatic heterocycles. The highest BCUT2D eigenvalue weighted by Crippen LogP contribution is 2.47. The van der Waals surface area contributed by atoms with E-state index in [0.717, 1.165) is 28.3 Å². The molecule has 0 amide bonds. The number of anilines is 1. The van der Waals surface area contributed by atoms with Gasteiger partial charge in [0, 0.05) is 35.9 Å². The molecule has 0 spiro atoms. The second-order valence-corrected chi connectivity index (χ2v) is 8.54. The molecule has 0 aliphatic carbocycles. The Morgan fingerprint density at radius 1 is 1.11 bits per heavy atom. The third-order valence-electron chi connectivity index (χ3n) is 5.14. The molecule has 0 saturated carbocycles. The first-order valence-electron chi connectivity index (χ1n) is 9.14. The second-order valence-electron chi connectivity index (χ2n) is 7.16. The lowest BCUT2D eigenvalue weighted by atomic mass is 10.0. The van der Waals surface area contributed by atoms with E-state index < -0.39 is 0 Å². The summed E-state index contributed by atoms with van der Waals surface area (Å²) in [4.78, 5) is 3.30. The van der Waals surface area contributed by atoms with Gasteiger partial charge in [0.25, 0.3) is 0 Å². The Labute approximate surface area is 173 Å². The van der Waals surface area contributed by atoms with E-state index in [0.29, 0.717) is 5.02 Å². The van der Waals surface area contributed by atoms with Gasteiger partial charge in [0.1, 0.15) is 5.75 Å². The van der Waals surface area contributed by atoms with Crippen molar-refractivity contribution in [2.45, 2.75) is 12.3 Å². The molecule has 0 bridgehead atoms. The van der Waals surface area contributed by atoms with Crippen molar-refractivity contribution < 1.29 is 4.74 Å². The third-order valence-corrected chi connectivity index (χ3v) is 6.28. The molecule has 0 radical (unpaired) electrons. The van der Waals surface area contributed by atoms with Gasteiger partial charge < -0.3 is 15.1 Å². The van der Waals surface area contributed by atoms with Crippen LogP contribution in [0.25, 0.3) is 5.70 Å². The molecule has 2 aliphatic rings. The molecule has 3 aromatic rings. The number of hydrogen-bond acceptors (Lipinski definition) is 5. The Morgan fingerprint density at radius 2 is 1.93 bits per heavy atom. The molecule has 0 fully saturated rings. The number of hydrazine groups is 1. The fourth-order valence-corrected chi connectivity index (χ4v) is 4.58. The Morgan fingerprint density at radius 3 is 2.64 bits per heavy atom. The minimum Gasteiger partial charge on any atom is -0.469 e. The average Bonchev–Trinajstić information content (AvgIpc) is 3.37. The van der Waals surface area contributed by atoms with Crippen molar-refractivity contribution in [2.24, 2.45) is 0 Å². The summed E-state index contributed by atoms with van der Waals surface area (Å²) in [6.45, 7) is 0. The molecule has 4 nitrogen and oxygen atoms in total. The summed E-state index contributed by atoms with van der Waals surface area (Å²) in [5.41, 5.74) is 8.01. The summed E-state index contributed by atoms with van der Waals surface area (Å²) >= 11 is 8.01. The van der Waals surface area contributed by atoms with Gasteiger partial charge in [-0.2, -0.15) is 5.01 Å². The summed E-state index contributed by atoms with van der Waals surface area (Å²) in [5, 5.41) is 4.97. The zero-order valence-electron chi connectivity index (χ0n) is 15.6. The summed E-state index contributed by atoms with van der Waals surface area (Å²) < 4.78 is 6.41. The van der Waals surface area contributed by atoms with Crippen molar-refractivity contribution in [3.63, 3.8) is 0 Å². The molecular weight excluding hydrogens is 390 g/mol. The number of ether oxygens (including phenoxy) is 1. The van der Waals surface area contributed by atoms with E-state index in [1.165, 1.54) is 4.88 Å². The highest BCUT2D eigenvalue weighted by molar-refractivity contribution is 7.11. The number of hydrogen-bond donors (Lipinski definition) is 1. The second kappa shape index (κ2) is 6.85. The van der Waals surface area contributed by atoms with Crippen LogP contribution in [0.15, 0.2) is 66.1 Å². The first-order chi connectivity index (χ1) is 13.6. The third kappa shape index (κ3) is 2.96. The summed E-state index contributed by atoms with van der Waals surface area (Å²) in [6, 6.07) is 18.6. The van der Waals surface area contributed by atoms with Crippen LogP contribution in [0.3, 0.4) is 0 Å². The average molecular weight is 410 g/mol. The van der Waals surface area contributed by atoms with Gasteiger partial charge in [0.15, 0.2) is 6.23 Å². The van der Waals surface area contributed by atoms with E-state index in [1.807, 2.05) is 32.3 Å². The van der Waals surface area contributed by atoms with Gasteiger partial charge in [-0.25, -0.2) is 0 Å². The molecule has 6 heteroatoms. The number of thiophene rings is 1. The van der Waals surface area contributed by atoms with Crippen molar-refractivity contribution in [2.75, 3.05) is 19.0 Å². The summed E-state index contributed by atoms with van der Waals surface area (Å²) in [6.07, 6.45) is 2.02. The van der Waals surface area contributed by atoms with Crippen LogP contribution in [-0.4, -0.2) is 19.1 Å². The molecule has 28 heavy (non-hydrogen) atoms. The van der Waals surface area contributed by atoms with Crippen LogP contribution in [-0.2, 0) is 0 Å². The number of nitrogens with zero attached hydrogens (tertiary/aromatic N) is 2. The summed E-state index contributed by atoms with van der Waals surface area (Å²) in [5.74, 6) is 0.873. The smallest absolute Gasteiger partial charge is 0.195 e. The van der Waals surface area contributed by atoms with E-state index in [-0.39, 0.29) is 12.3 Å². The van der Waals surface area contributed by atoms with Gasteiger partial charge in [0.05, 0.1) is 16.6 Å². The van der Waals surface area contributed by atoms with Crippen molar-refractivity contribution in [1.82, 2.24) is 10.4 Å². The van der Waals surface area contributed by atoms with Gasteiger partial charge in [0.2, 0.25) is 0 Å². The lowest BCUT2D eigenvalue weighted by Gasteiger charge is -2.39. The topological polar surface area (TPSA) is 27.7 Å². The Bertz CT molecular complexity index is 1030. The van der Waals surface area contributed by atoms with Crippen molar-refractivity contribution in [3.05, 3.63) is 87.1 Å². The molecule has 3 heterocycles. The molecule has 1 aromatic heterocycles. The molecule has 2 unspecified atom stereocenters. The van der Waals surface area contributed by atoms with E-state index >= 15 is 0 Å². The van der Waals surface area contributed by atoms with Gasteiger partial charge in [-0.05, 0) is 47.9 Å².